The van der Waals surface area contributed by atoms with Crippen molar-refractivity contribution in [2.45, 2.75) is 13.8 Å². The second-order valence-corrected chi connectivity index (χ2v) is 5.83. The molecule has 0 fully saturated rings. The number of hydrogen-bond donors (Lipinski definition) is 2. The zero-order valence-electron chi connectivity index (χ0n) is 13.1. The number of rotatable bonds is 5. The van der Waals surface area contributed by atoms with Gasteiger partial charge in [-0.25, -0.2) is 4.79 Å². The van der Waals surface area contributed by atoms with E-state index in [-0.39, 0.29) is 6.03 Å². The third kappa shape index (κ3) is 5.05. The molecule has 0 atom stereocenters. The van der Waals surface area contributed by atoms with Gasteiger partial charge in [0.25, 0.3) is 0 Å². The van der Waals surface area contributed by atoms with Crippen molar-refractivity contribution in [2.24, 2.45) is 0 Å². The van der Waals surface area contributed by atoms with Gasteiger partial charge in [-0.1, -0.05) is 23.2 Å². The highest BCUT2D eigenvalue weighted by molar-refractivity contribution is 6.35. The fourth-order valence-electron chi connectivity index (χ4n) is 2.26. The minimum Gasteiger partial charge on any atom is -0.372 e. The van der Waals surface area contributed by atoms with Crippen molar-refractivity contribution >= 4 is 46.3 Å². The van der Waals surface area contributed by atoms with Crippen molar-refractivity contribution in [3.63, 3.8) is 0 Å². The van der Waals surface area contributed by atoms with Gasteiger partial charge in [0.05, 0.1) is 0 Å². The second-order valence-electron chi connectivity index (χ2n) is 4.96. The highest BCUT2D eigenvalue weighted by atomic mass is 35.5. The molecule has 2 amide bonds. The summed E-state index contributed by atoms with van der Waals surface area (Å²) in [6.07, 6.45) is 0. The van der Waals surface area contributed by atoms with Crippen molar-refractivity contribution in [1.82, 2.24) is 0 Å². The van der Waals surface area contributed by atoms with Crippen LogP contribution >= 0.6 is 23.2 Å². The first-order chi connectivity index (χ1) is 11.0. The summed E-state index contributed by atoms with van der Waals surface area (Å²) in [5.41, 5.74) is 2.38. The summed E-state index contributed by atoms with van der Waals surface area (Å²) in [5.74, 6) is 0. The predicted octanol–water partition coefficient (Wildman–Crippen LogP) is 5.48. The van der Waals surface area contributed by atoms with E-state index in [0.29, 0.717) is 21.4 Å². The second kappa shape index (κ2) is 8.09. The van der Waals surface area contributed by atoms with Crippen LogP contribution in [0.1, 0.15) is 13.8 Å². The molecule has 0 heterocycles. The van der Waals surface area contributed by atoms with Gasteiger partial charge in [0.15, 0.2) is 0 Å². The summed E-state index contributed by atoms with van der Waals surface area (Å²) >= 11 is 11.8. The minimum absolute atomic E-state index is 0.348. The topological polar surface area (TPSA) is 44.4 Å². The van der Waals surface area contributed by atoms with Crippen molar-refractivity contribution in [2.75, 3.05) is 28.6 Å². The van der Waals surface area contributed by atoms with E-state index in [9.17, 15) is 4.79 Å². The summed E-state index contributed by atoms with van der Waals surface area (Å²) in [5, 5.41) is 6.42. The van der Waals surface area contributed by atoms with Crippen LogP contribution in [0, 0.1) is 0 Å². The number of nitrogens with zero attached hydrogens (tertiary/aromatic N) is 1. The van der Waals surface area contributed by atoms with Gasteiger partial charge in [-0.05, 0) is 56.3 Å². The highest BCUT2D eigenvalue weighted by Crippen LogP contribution is 2.23. The molecule has 0 spiro atoms. The molecule has 2 aromatic rings. The summed E-state index contributed by atoms with van der Waals surface area (Å²) in [7, 11) is 0. The molecule has 23 heavy (non-hydrogen) atoms. The first-order valence-corrected chi connectivity index (χ1v) is 8.16. The predicted molar refractivity (Wildman–Crippen MR) is 99.1 cm³/mol. The Hall–Kier alpha value is -1.91. The Morgan fingerprint density at radius 3 is 1.96 bits per heavy atom. The Labute approximate surface area is 146 Å². The Kier molecular flexibility index (Phi) is 6.13. The molecule has 0 aliphatic carbocycles. The number of benzene rings is 2. The molecule has 2 N–H and O–H groups in total. The molecule has 0 bridgehead atoms. The standard InChI is InChI=1S/C17H19Cl2N3O/c1-3-22(4-2)16-7-5-14(6-8-16)20-17(23)21-15-10-12(18)9-13(19)11-15/h5-11H,3-4H2,1-2H3,(H2,20,21,23). The average Bonchev–Trinajstić information content (AvgIpc) is 2.49. The van der Waals surface area contributed by atoms with Gasteiger partial charge < -0.3 is 15.5 Å². The smallest absolute Gasteiger partial charge is 0.323 e. The van der Waals surface area contributed by atoms with Gasteiger partial charge in [-0.3, -0.25) is 0 Å². The maximum absolute atomic E-state index is 12.0. The number of nitrogens with one attached hydrogen (secondary N) is 2. The molecular weight excluding hydrogens is 333 g/mol. The average molecular weight is 352 g/mol. The van der Waals surface area contributed by atoms with Crippen molar-refractivity contribution in [3.05, 3.63) is 52.5 Å². The Morgan fingerprint density at radius 1 is 0.913 bits per heavy atom. The quantitative estimate of drug-likeness (QED) is 0.748. The molecule has 0 aliphatic rings. The summed E-state index contributed by atoms with van der Waals surface area (Å²) in [6.45, 7) is 6.11. The lowest BCUT2D eigenvalue weighted by Gasteiger charge is -2.21. The molecule has 0 radical (unpaired) electrons. The molecule has 0 saturated heterocycles. The lowest BCUT2D eigenvalue weighted by molar-refractivity contribution is 0.262. The van der Waals surface area contributed by atoms with Crippen molar-refractivity contribution < 1.29 is 4.79 Å². The Bertz CT molecular complexity index is 650. The maximum atomic E-state index is 12.0. The van der Waals surface area contributed by atoms with Gasteiger partial charge in [0.1, 0.15) is 0 Å². The number of carbonyl (C=O) groups is 1. The van der Waals surface area contributed by atoms with E-state index in [1.54, 1.807) is 18.2 Å². The number of amides is 2. The summed E-state index contributed by atoms with van der Waals surface area (Å²) < 4.78 is 0. The third-order valence-corrected chi connectivity index (χ3v) is 3.81. The molecule has 0 saturated carbocycles. The highest BCUT2D eigenvalue weighted by Gasteiger charge is 2.06. The van der Waals surface area contributed by atoms with Gasteiger partial charge in [-0.2, -0.15) is 0 Å². The fraction of sp³-hybridized carbons (Fsp3) is 0.235. The number of hydrogen-bond acceptors (Lipinski definition) is 2. The molecule has 0 aromatic heterocycles. The van der Waals surface area contributed by atoms with E-state index in [1.807, 2.05) is 24.3 Å². The van der Waals surface area contributed by atoms with E-state index in [0.717, 1.165) is 18.8 Å². The number of urea groups is 1. The van der Waals surface area contributed by atoms with Crippen LogP contribution < -0.4 is 15.5 Å². The van der Waals surface area contributed by atoms with Crippen LogP contribution in [0.25, 0.3) is 0 Å². The van der Waals surface area contributed by atoms with Gasteiger partial charge in [0.2, 0.25) is 0 Å². The fourth-order valence-corrected chi connectivity index (χ4v) is 2.79. The van der Waals surface area contributed by atoms with Crippen LogP contribution in [0.15, 0.2) is 42.5 Å². The first-order valence-electron chi connectivity index (χ1n) is 7.41. The largest absolute Gasteiger partial charge is 0.372 e. The monoisotopic (exact) mass is 351 g/mol. The van der Waals surface area contributed by atoms with Gasteiger partial charge in [-0.15, -0.1) is 0 Å². The van der Waals surface area contributed by atoms with Crippen LogP contribution in [-0.4, -0.2) is 19.1 Å². The first kappa shape index (κ1) is 17.4. The van der Waals surface area contributed by atoms with Gasteiger partial charge >= 0.3 is 6.03 Å². The van der Waals surface area contributed by atoms with Crippen molar-refractivity contribution in [3.8, 4) is 0 Å². The molecule has 0 aliphatic heterocycles. The van der Waals surface area contributed by atoms with Crippen LogP contribution in [0.5, 0.6) is 0 Å². The van der Waals surface area contributed by atoms with Crippen LogP contribution in [0.3, 0.4) is 0 Å². The van der Waals surface area contributed by atoms with E-state index in [1.165, 1.54) is 0 Å². The summed E-state index contributed by atoms with van der Waals surface area (Å²) in [6, 6.07) is 12.2. The molecule has 2 aromatic carbocycles. The SMILES string of the molecule is CCN(CC)c1ccc(NC(=O)Nc2cc(Cl)cc(Cl)c2)cc1. The zero-order chi connectivity index (χ0) is 16.8. The van der Waals surface area contributed by atoms with Crippen LogP contribution in [-0.2, 0) is 0 Å². The van der Waals surface area contributed by atoms with Crippen LogP contribution in [0.4, 0.5) is 21.9 Å². The van der Waals surface area contributed by atoms with Gasteiger partial charge in [0, 0.05) is 40.2 Å². The van der Waals surface area contributed by atoms with E-state index in [4.69, 9.17) is 23.2 Å². The Morgan fingerprint density at radius 2 is 1.43 bits per heavy atom. The molecule has 122 valence electrons. The molecule has 2 rings (SSSR count). The maximum Gasteiger partial charge on any atom is 0.323 e. The molecule has 6 heteroatoms. The molecular formula is C17H19Cl2N3O. The van der Waals surface area contributed by atoms with E-state index < -0.39 is 0 Å². The van der Waals surface area contributed by atoms with E-state index >= 15 is 0 Å². The number of anilines is 3. The molecule has 0 unspecified atom stereocenters. The minimum atomic E-state index is -0.348. The lowest BCUT2D eigenvalue weighted by atomic mass is 10.2. The number of carbonyl (C=O) groups excluding carboxylic acids is 1. The summed E-state index contributed by atoms with van der Waals surface area (Å²) in [4.78, 5) is 14.3. The Balaban J connectivity index is 2.00. The normalized spacial score (nSPS) is 10.3. The zero-order valence-corrected chi connectivity index (χ0v) is 14.6. The van der Waals surface area contributed by atoms with E-state index in [2.05, 4.69) is 29.4 Å². The van der Waals surface area contributed by atoms with Crippen molar-refractivity contribution in [1.29, 1.82) is 0 Å². The van der Waals surface area contributed by atoms with Crippen LogP contribution in [0.2, 0.25) is 10.0 Å². The molecule has 4 nitrogen and oxygen atoms in total. The lowest BCUT2D eigenvalue weighted by Crippen LogP contribution is -2.22. The third-order valence-electron chi connectivity index (χ3n) is 3.37. The number of halogens is 2.